The molecule has 1 heterocycles. The zero-order chi connectivity index (χ0) is 26.7. The van der Waals surface area contributed by atoms with Crippen LogP contribution in [0.15, 0.2) is 125 Å². The van der Waals surface area contributed by atoms with E-state index in [1.165, 1.54) is 0 Å². The molecule has 5 nitrogen and oxygen atoms in total. The fraction of sp³-hybridized carbons (Fsp3) is 0.0938. The first-order valence-electron chi connectivity index (χ1n) is 12.3. The van der Waals surface area contributed by atoms with Gasteiger partial charge in [0.1, 0.15) is 6.54 Å². The van der Waals surface area contributed by atoms with Crippen LogP contribution < -0.4 is 0 Å². The van der Waals surface area contributed by atoms with Crippen molar-refractivity contribution in [2.75, 3.05) is 0 Å². The Balaban J connectivity index is 1.76. The summed E-state index contributed by atoms with van der Waals surface area (Å²) in [6.45, 7) is 1.70. The van der Waals surface area contributed by atoms with Crippen LogP contribution in [-0.2, 0) is 27.6 Å². The van der Waals surface area contributed by atoms with Gasteiger partial charge in [-0.25, -0.2) is 8.42 Å². The normalized spacial score (nSPS) is 11.4. The highest BCUT2D eigenvalue weighted by molar-refractivity contribution is 7.91. The molecular weight excluding hydrogens is 494 g/mol. The van der Waals surface area contributed by atoms with Crippen molar-refractivity contribution in [3.05, 3.63) is 132 Å². The van der Waals surface area contributed by atoms with Crippen LogP contribution in [0.25, 0.3) is 22.4 Å². The average Bonchev–Trinajstić information content (AvgIpc) is 3.20. The molecule has 0 aliphatic carbocycles. The summed E-state index contributed by atoms with van der Waals surface area (Å²) >= 11 is 0. The summed E-state index contributed by atoms with van der Waals surface area (Å²) in [6.07, 6.45) is 0.324. The van der Waals surface area contributed by atoms with Crippen LogP contribution in [0.3, 0.4) is 0 Å². The zero-order valence-corrected chi connectivity index (χ0v) is 21.7. The molecule has 0 atom stereocenters. The molecule has 0 radical (unpaired) electrons. The van der Waals surface area contributed by atoms with E-state index in [9.17, 15) is 18.3 Å². The second-order valence-corrected chi connectivity index (χ2v) is 11.0. The smallest absolute Gasteiger partial charge is 0.323 e. The maximum absolute atomic E-state index is 13.6. The minimum absolute atomic E-state index is 0.208. The Bertz CT molecular complexity index is 1690. The number of carboxylic acids is 1. The summed E-state index contributed by atoms with van der Waals surface area (Å²) in [4.78, 5) is 12.4. The predicted octanol–water partition coefficient (Wildman–Crippen LogP) is 6.64. The van der Waals surface area contributed by atoms with Crippen molar-refractivity contribution in [3.8, 4) is 22.4 Å². The fourth-order valence-corrected chi connectivity index (χ4v) is 6.49. The van der Waals surface area contributed by atoms with Crippen LogP contribution in [0.2, 0.25) is 0 Å². The van der Waals surface area contributed by atoms with Gasteiger partial charge < -0.3 is 9.67 Å². The van der Waals surface area contributed by atoms with E-state index < -0.39 is 15.8 Å². The molecule has 0 aliphatic heterocycles. The fourth-order valence-electron chi connectivity index (χ4n) is 4.98. The second-order valence-electron chi connectivity index (χ2n) is 9.10. The monoisotopic (exact) mass is 521 g/mol. The molecule has 5 aromatic rings. The van der Waals surface area contributed by atoms with Crippen molar-refractivity contribution in [2.45, 2.75) is 29.7 Å². The van der Waals surface area contributed by atoms with Crippen LogP contribution >= 0.6 is 0 Å². The quantitative estimate of drug-likeness (QED) is 0.248. The minimum atomic E-state index is -3.76. The summed E-state index contributed by atoms with van der Waals surface area (Å²) in [5.41, 5.74) is 5.88. The van der Waals surface area contributed by atoms with Gasteiger partial charge in [0.15, 0.2) is 0 Å². The van der Waals surface area contributed by atoms with Crippen molar-refractivity contribution in [2.24, 2.45) is 0 Å². The lowest BCUT2D eigenvalue weighted by Gasteiger charge is -2.13. The van der Waals surface area contributed by atoms with Crippen molar-refractivity contribution < 1.29 is 18.3 Å². The van der Waals surface area contributed by atoms with Crippen LogP contribution in [0.5, 0.6) is 0 Å². The Kier molecular flexibility index (Phi) is 6.99. The number of hydrogen-bond donors (Lipinski definition) is 1. The van der Waals surface area contributed by atoms with Gasteiger partial charge in [-0.3, -0.25) is 4.79 Å². The zero-order valence-electron chi connectivity index (χ0n) is 20.9. The lowest BCUT2D eigenvalue weighted by Crippen LogP contribution is -2.12. The van der Waals surface area contributed by atoms with Gasteiger partial charge in [-0.15, -0.1) is 0 Å². The third-order valence-electron chi connectivity index (χ3n) is 6.74. The van der Waals surface area contributed by atoms with Crippen LogP contribution in [-0.4, -0.2) is 24.1 Å². The van der Waals surface area contributed by atoms with Gasteiger partial charge in [0.25, 0.3) is 0 Å². The van der Waals surface area contributed by atoms with Crippen LogP contribution in [0.1, 0.15) is 16.8 Å². The van der Waals surface area contributed by atoms with Gasteiger partial charge in [0.05, 0.1) is 15.5 Å². The highest BCUT2D eigenvalue weighted by atomic mass is 32.2. The Morgan fingerprint density at radius 1 is 0.737 bits per heavy atom. The molecule has 5 rings (SSSR count). The predicted molar refractivity (Wildman–Crippen MR) is 149 cm³/mol. The number of hydrogen-bond acceptors (Lipinski definition) is 3. The van der Waals surface area contributed by atoms with Crippen LogP contribution in [0, 0.1) is 6.92 Å². The van der Waals surface area contributed by atoms with E-state index in [2.05, 4.69) is 0 Å². The van der Waals surface area contributed by atoms with E-state index in [0.717, 1.165) is 33.6 Å². The summed E-state index contributed by atoms with van der Waals surface area (Å²) < 4.78 is 29.1. The first kappa shape index (κ1) is 25.2. The molecule has 0 spiro atoms. The number of carboxylic acid groups (broad SMARTS) is 1. The third kappa shape index (κ3) is 4.78. The maximum atomic E-state index is 13.6. The Morgan fingerprint density at radius 3 is 1.87 bits per heavy atom. The van der Waals surface area contributed by atoms with Gasteiger partial charge in [0, 0.05) is 17.7 Å². The molecule has 1 N–H and O–H groups in total. The van der Waals surface area contributed by atoms with Gasteiger partial charge in [0.2, 0.25) is 9.84 Å². The molecule has 0 saturated carbocycles. The molecule has 0 fully saturated rings. The highest BCUT2D eigenvalue weighted by Crippen LogP contribution is 2.41. The van der Waals surface area contributed by atoms with Gasteiger partial charge >= 0.3 is 5.97 Å². The standard InChI is InChI=1S/C32H27NO4S/c1-23-28(21-26-17-11-12-20-29(26)38(36,37)27-18-9-4-10-19-27)31(24-13-5-2-6-14-24)32(33(23)22-30(34)35)25-15-7-3-8-16-25/h2-20H,21-22H2,1H3,(H,34,35). The number of nitrogens with zero attached hydrogens (tertiary/aromatic N) is 1. The maximum Gasteiger partial charge on any atom is 0.323 e. The molecule has 0 amide bonds. The van der Waals surface area contributed by atoms with Gasteiger partial charge in [-0.1, -0.05) is 97.1 Å². The van der Waals surface area contributed by atoms with E-state index in [1.807, 2.05) is 84.3 Å². The number of rotatable bonds is 8. The Hall–Kier alpha value is -4.42. The van der Waals surface area contributed by atoms with Crippen LogP contribution in [0.4, 0.5) is 0 Å². The van der Waals surface area contributed by atoms with E-state index in [-0.39, 0.29) is 16.3 Å². The third-order valence-corrected chi connectivity index (χ3v) is 8.61. The summed E-state index contributed by atoms with van der Waals surface area (Å²) in [6, 6.07) is 35.0. The molecule has 0 aliphatic rings. The number of sulfone groups is 1. The largest absolute Gasteiger partial charge is 0.480 e. The van der Waals surface area contributed by atoms with E-state index in [1.54, 1.807) is 42.5 Å². The van der Waals surface area contributed by atoms with E-state index >= 15 is 0 Å². The summed E-state index contributed by atoms with van der Waals surface area (Å²) in [5.74, 6) is -0.946. The molecule has 1 aromatic heterocycles. The summed E-state index contributed by atoms with van der Waals surface area (Å²) in [7, 11) is -3.76. The number of aromatic nitrogens is 1. The van der Waals surface area contributed by atoms with Gasteiger partial charge in [-0.05, 0) is 47.4 Å². The Labute approximate surface area is 222 Å². The lowest BCUT2D eigenvalue weighted by atomic mass is 9.93. The summed E-state index contributed by atoms with van der Waals surface area (Å²) in [5, 5.41) is 9.80. The topological polar surface area (TPSA) is 76.4 Å². The first-order chi connectivity index (χ1) is 18.4. The number of carbonyl (C=O) groups is 1. The molecule has 0 saturated heterocycles. The SMILES string of the molecule is Cc1c(Cc2ccccc2S(=O)(=O)c2ccccc2)c(-c2ccccc2)c(-c2ccccc2)n1CC(=O)O. The van der Waals surface area contributed by atoms with E-state index in [4.69, 9.17) is 0 Å². The lowest BCUT2D eigenvalue weighted by molar-refractivity contribution is -0.137. The van der Waals surface area contributed by atoms with Crippen molar-refractivity contribution >= 4 is 15.8 Å². The first-order valence-corrected chi connectivity index (χ1v) is 13.8. The van der Waals surface area contributed by atoms with E-state index in [0.29, 0.717) is 12.0 Å². The minimum Gasteiger partial charge on any atom is -0.480 e. The van der Waals surface area contributed by atoms with Crippen molar-refractivity contribution in [1.82, 2.24) is 4.57 Å². The molecular formula is C32H27NO4S. The molecule has 0 unspecified atom stereocenters. The molecule has 38 heavy (non-hydrogen) atoms. The second kappa shape index (κ2) is 10.5. The molecule has 4 aromatic carbocycles. The molecule has 0 bridgehead atoms. The number of benzene rings is 4. The average molecular weight is 522 g/mol. The highest BCUT2D eigenvalue weighted by Gasteiger charge is 2.27. The van der Waals surface area contributed by atoms with Gasteiger partial charge in [-0.2, -0.15) is 0 Å². The van der Waals surface area contributed by atoms with Crippen molar-refractivity contribution in [1.29, 1.82) is 0 Å². The molecule has 6 heteroatoms. The molecule has 190 valence electrons. The number of aliphatic carboxylic acids is 1. The van der Waals surface area contributed by atoms with Crippen molar-refractivity contribution in [3.63, 3.8) is 0 Å². The Morgan fingerprint density at radius 2 is 1.26 bits per heavy atom.